The molecule has 2 nitrogen and oxygen atoms in total. The van der Waals surface area contributed by atoms with Gasteiger partial charge >= 0.3 is 5.97 Å². The van der Waals surface area contributed by atoms with E-state index in [1.165, 1.54) is 12.8 Å². The molecule has 1 atom stereocenters. The third kappa shape index (κ3) is 9.08. The first-order valence-electron chi connectivity index (χ1n) is 6.43. The van der Waals surface area contributed by atoms with E-state index in [1.54, 1.807) is 0 Å². The highest BCUT2D eigenvalue weighted by Gasteiger charge is 2.07. The van der Waals surface area contributed by atoms with E-state index in [1.807, 2.05) is 11.8 Å². The summed E-state index contributed by atoms with van der Waals surface area (Å²) in [6.07, 6.45) is 9.38. The molecule has 0 saturated carbocycles. The number of rotatable bonds is 10. The van der Waals surface area contributed by atoms with Crippen LogP contribution < -0.4 is 0 Å². The van der Waals surface area contributed by atoms with E-state index in [0.717, 1.165) is 25.7 Å². The first-order valence-corrected chi connectivity index (χ1v) is 7.71. The van der Waals surface area contributed by atoms with Gasteiger partial charge in [0.15, 0.2) is 0 Å². The van der Waals surface area contributed by atoms with Crippen LogP contribution in [0.15, 0.2) is 0 Å². The number of carbonyl (C=O) groups is 1. The fourth-order valence-electron chi connectivity index (χ4n) is 1.60. The molecule has 0 fully saturated rings. The van der Waals surface area contributed by atoms with Gasteiger partial charge < -0.3 is 4.74 Å². The molecule has 0 aromatic heterocycles. The van der Waals surface area contributed by atoms with Crippen molar-refractivity contribution in [2.75, 3.05) is 12.9 Å². The van der Waals surface area contributed by atoms with E-state index >= 15 is 0 Å². The first-order chi connectivity index (χ1) is 7.74. The molecule has 0 aromatic carbocycles. The zero-order valence-corrected chi connectivity index (χ0v) is 11.8. The van der Waals surface area contributed by atoms with Crippen molar-refractivity contribution in [3.63, 3.8) is 0 Å². The van der Waals surface area contributed by atoms with Crippen LogP contribution in [-0.4, -0.2) is 24.1 Å². The van der Waals surface area contributed by atoms with Crippen molar-refractivity contribution in [1.29, 1.82) is 0 Å². The van der Waals surface area contributed by atoms with Crippen molar-refractivity contribution in [3.8, 4) is 0 Å². The lowest BCUT2D eigenvalue weighted by Gasteiger charge is -2.13. The molecule has 0 aliphatic carbocycles. The highest BCUT2D eigenvalue weighted by molar-refractivity contribution is 7.99. The minimum Gasteiger partial charge on any atom is -0.466 e. The van der Waals surface area contributed by atoms with Crippen molar-refractivity contribution in [2.24, 2.45) is 0 Å². The Hall–Kier alpha value is -0.180. The Morgan fingerprint density at radius 3 is 2.50 bits per heavy atom. The van der Waals surface area contributed by atoms with Gasteiger partial charge in [0, 0.05) is 11.7 Å². The fourth-order valence-corrected chi connectivity index (χ4v) is 2.40. The summed E-state index contributed by atoms with van der Waals surface area (Å²) >= 11 is 1.88. The Balaban J connectivity index is 3.44. The van der Waals surface area contributed by atoms with Gasteiger partial charge in [0.1, 0.15) is 0 Å². The summed E-state index contributed by atoms with van der Waals surface area (Å²) in [5, 5.41) is 0.647. The van der Waals surface area contributed by atoms with Crippen molar-refractivity contribution >= 4 is 17.7 Å². The third-order valence-corrected chi connectivity index (χ3v) is 3.77. The van der Waals surface area contributed by atoms with Gasteiger partial charge in [-0.3, -0.25) is 4.79 Å². The normalized spacial score (nSPS) is 12.4. The van der Waals surface area contributed by atoms with Gasteiger partial charge in [-0.05, 0) is 25.5 Å². The molecule has 3 heteroatoms. The Labute approximate surface area is 105 Å². The molecule has 0 bridgehead atoms. The molecule has 0 N–H and O–H groups in total. The summed E-state index contributed by atoms with van der Waals surface area (Å²) in [7, 11) is 0. The predicted octanol–water partition coefficient (Wildman–Crippen LogP) is 4.03. The molecule has 0 radical (unpaired) electrons. The number of hydrogen-bond acceptors (Lipinski definition) is 3. The molecule has 0 aliphatic heterocycles. The average molecular weight is 246 g/mol. The van der Waals surface area contributed by atoms with Crippen LogP contribution in [0.4, 0.5) is 0 Å². The molecule has 0 aliphatic rings. The maximum absolute atomic E-state index is 11.3. The number of ether oxygens (including phenoxy) is 1. The lowest BCUT2D eigenvalue weighted by molar-refractivity contribution is -0.143. The second-order valence-electron chi connectivity index (χ2n) is 4.11. The van der Waals surface area contributed by atoms with Crippen LogP contribution in [0.5, 0.6) is 0 Å². The zero-order chi connectivity index (χ0) is 12.2. The molecule has 0 heterocycles. The van der Waals surface area contributed by atoms with Gasteiger partial charge in [-0.25, -0.2) is 0 Å². The van der Waals surface area contributed by atoms with Crippen LogP contribution in [0.1, 0.15) is 58.8 Å². The van der Waals surface area contributed by atoms with Crippen LogP contribution >= 0.6 is 11.8 Å². The van der Waals surface area contributed by atoms with E-state index in [0.29, 0.717) is 18.3 Å². The van der Waals surface area contributed by atoms with Gasteiger partial charge in [-0.15, -0.1) is 0 Å². The summed E-state index contributed by atoms with van der Waals surface area (Å²) in [5.41, 5.74) is 0. The standard InChI is InChI=1S/C13H26O2S/c1-4-6-7-9-13(14)15-11-10-12(16-3)8-5-2/h12H,4-11H2,1-3H3. The molecule has 0 saturated heterocycles. The van der Waals surface area contributed by atoms with Gasteiger partial charge in [0.05, 0.1) is 6.61 Å². The average Bonchev–Trinajstić information content (AvgIpc) is 2.28. The van der Waals surface area contributed by atoms with Crippen LogP contribution in [0.2, 0.25) is 0 Å². The molecule has 96 valence electrons. The smallest absolute Gasteiger partial charge is 0.305 e. The summed E-state index contributed by atoms with van der Waals surface area (Å²) in [6, 6.07) is 0. The quantitative estimate of drug-likeness (QED) is 0.430. The van der Waals surface area contributed by atoms with Crippen LogP contribution in [0, 0.1) is 0 Å². The second kappa shape index (κ2) is 11.3. The van der Waals surface area contributed by atoms with E-state index in [-0.39, 0.29) is 5.97 Å². The molecule has 0 spiro atoms. The largest absolute Gasteiger partial charge is 0.466 e. The van der Waals surface area contributed by atoms with Gasteiger partial charge in [-0.2, -0.15) is 11.8 Å². The lowest BCUT2D eigenvalue weighted by Crippen LogP contribution is -2.11. The molecule has 16 heavy (non-hydrogen) atoms. The summed E-state index contributed by atoms with van der Waals surface area (Å²) < 4.78 is 5.21. The SMILES string of the molecule is CCCCCC(=O)OCCC(CCC)SC. The topological polar surface area (TPSA) is 26.3 Å². The summed E-state index contributed by atoms with van der Waals surface area (Å²) in [5.74, 6) is -0.0233. The van der Waals surface area contributed by atoms with E-state index in [4.69, 9.17) is 4.74 Å². The van der Waals surface area contributed by atoms with Crippen molar-refractivity contribution in [1.82, 2.24) is 0 Å². The van der Waals surface area contributed by atoms with Crippen molar-refractivity contribution < 1.29 is 9.53 Å². The Kier molecular flexibility index (Phi) is 11.2. The molecule has 1 unspecified atom stereocenters. The Morgan fingerprint density at radius 2 is 1.94 bits per heavy atom. The molecular weight excluding hydrogens is 220 g/mol. The van der Waals surface area contributed by atoms with Crippen molar-refractivity contribution in [2.45, 2.75) is 64.0 Å². The Morgan fingerprint density at radius 1 is 1.19 bits per heavy atom. The first kappa shape index (κ1) is 15.8. The number of esters is 1. The number of hydrogen-bond donors (Lipinski definition) is 0. The molecule has 0 aromatic rings. The van der Waals surface area contributed by atoms with E-state index in [2.05, 4.69) is 20.1 Å². The number of carbonyl (C=O) groups excluding carboxylic acids is 1. The zero-order valence-electron chi connectivity index (χ0n) is 11.0. The monoisotopic (exact) mass is 246 g/mol. The highest BCUT2D eigenvalue weighted by Crippen LogP contribution is 2.16. The second-order valence-corrected chi connectivity index (χ2v) is 5.25. The van der Waals surface area contributed by atoms with Gasteiger partial charge in [-0.1, -0.05) is 33.1 Å². The number of thioether (sulfide) groups is 1. The molecule has 0 amide bonds. The molecule has 0 rings (SSSR count). The van der Waals surface area contributed by atoms with E-state index < -0.39 is 0 Å². The lowest BCUT2D eigenvalue weighted by atomic mass is 10.2. The minimum atomic E-state index is -0.0233. The minimum absolute atomic E-state index is 0.0233. The third-order valence-electron chi connectivity index (χ3n) is 2.63. The van der Waals surface area contributed by atoms with E-state index in [9.17, 15) is 4.79 Å². The van der Waals surface area contributed by atoms with Crippen LogP contribution in [0.25, 0.3) is 0 Å². The fraction of sp³-hybridized carbons (Fsp3) is 0.923. The maximum Gasteiger partial charge on any atom is 0.305 e. The van der Waals surface area contributed by atoms with Crippen LogP contribution in [0.3, 0.4) is 0 Å². The molecular formula is C13H26O2S. The summed E-state index contributed by atoms with van der Waals surface area (Å²) in [4.78, 5) is 11.3. The van der Waals surface area contributed by atoms with Crippen LogP contribution in [-0.2, 0) is 9.53 Å². The van der Waals surface area contributed by atoms with Gasteiger partial charge in [0.25, 0.3) is 0 Å². The van der Waals surface area contributed by atoms with Gasteiger partial charge in [0.2, 0.25) is 0 Å². The highest BCUT2D eigenvalue weighted by atomic mass is 32.2. The number of unbranched alkanes of at least 4 members (excludes halogenated alkanes) is 2. The Bertz CT molecular complexity index is 171. The predicted molar refractivity (Wildman–Crippen MR) is 71.9 cm³/mol. The maximum atomic E-state index is 11.3. The van der Waals surface area contributed by atoms with Crippen molar-refractivity contribution in [3.05, 3.63) is 0 Å². The summed E-state index contributed by atoms with van der Waals surface area (Å²) in [6.45, 7) is 4.93.